The fraction of sp³-hybridized carbons (Fsp3) is 0.862. The lowest BCUT2D eigenvalue weighted by molar-refractivity contribution is -0.121. The number of hydrogen-bond donors (Lipinski definition) is 2. The standard InChI is InChI=1S/C29H52N4O2/c1-5-7-17-30-22(3)19-28(34)32-26-13-9-24(10-14-26)21-25-11-15-27(16-12-25)33-29(35)20-23(4)31-18-8-6-2/h24-27H,5-21H2,1-4H3,(H,32,34)(H,33,35). The maximum atomic E-state index is 12.3. The molecule has 0 heterocycles. The largest absolute Gasteiger partial charge is 0.353 e. The molecule has 0 aromatic carbocycles. The van der Waals surface area contributed by atoms with E-state index in [4.69, 9.17) is 0 Å². The summed E-state index contributed by atoms with van der Waals surface area (Å²) in [5.74, 6) is 1.85. The van der Waals surface area contributed by atoms with Crippen LogP contribution in [0.3, 0.4) is 0 Å². The van der Waals surface area contributed by atoms with Crippen LogP contribution in [0.2, 0.25) is 0 Å². The number of carbonyl (C=O) groups is 2. The molecular weight excluding hydrogens is 436 g/mol. The minimum absolute atomic E-state index is 0.133. The van der Waals surface area contributed by atoms with Gasteiger partial charge in [0.15, 0.2) is 0 Å². The van der Waals surface area contributed by atoms with Crippen LogP contribution in [0.5, 0.6) is 0 Å². The van der Waals surface area contributed by atoms with Crippen molar-refractivity contribution in [3.8, 4) is 0 Å². The quantitative estimate of drug-likeness (QED) is 0.231. The van der Waals surface area contributed by atoms with Gasteiger partial charge < -0.3 is 10.6 Å². The molecule has 0 bridgehead atoms. The van der Waals surface area contributed by atoms with E-state index in [9.17, 15) is 9.59 Å². The van der Waals surface area contributed by atoms with Crippen LogP contribution in [-0.2, 0) is 9.59 Å². The van der Waals surface area contributed by atoms with Gasteiger partial charge in [0.2, 0.25) is 11.8 Å². The number of hydrogen-bond acceptors (Lipinski definition) is 4. The molecule has 0 aromatic heterocycles. The van der Waals surface area contributed by atoms with E-state index < -0.39 is 0 Å². The number of unbranched alkanes of at least 4 members (excludes halogenated alkanes) is 2. The van der Waals surface area contributed by atoms with Gasteiger partial charge in [-0.05, 0) is 96.3 Å². The van der Waals surface area contributed by atoms with Crippen LogP contribution in [0.15, 0.2) is 9.98 Å². The first kappa shape index (κ1) is 29.5. The molecular formula is C29H52N4O2. The van der Waals surface area contributed by atoms with E-state index in [-0.39, 0.29) is 11.8 Å². The lowest BCUT2D eigenvalue weighted by Gasteiger charge is -2.34. The van der Waals surface area contributed by atoms with E-state index in [2.05, 4.69) is 34.5 Å². The Morgan fingerprint density at radius 1 is 0.657 bits per heavy atom. The van der Waals surface area contributed by atoms with Crippen LogP contribution >= 0.6 is 0 Å². The van der Waals surface area contributed by atoms with Crippen LogP contribution in [0.1, 0.15) is 124 Å². The van der Waals surface area contributed by atoms with Gasteiger partial charge >= 0.3 is 0 Å². The average molecular weight is 489 g/mol. The van der Waals surface area contributed by atoms with Crippen molar-refractivity contribution >= 4 is 23.2 Å². The molecule has 2 rings (SSSR count). The van der Waals surface area contributed by atoms with Gasteiger partial charge in [0.25, 0.3) is 0 Å². The lowest BCUT2D eigenvalue weighted by atomic mass is 9.75. The maximum absolute atomic E-state index is 12.3. The van der Waals surface area contributed by atoms with E-state index >= 15 is 0 Å². The first-order valence-corrected chi connectivity index (χ1v) is 14.5. The van der Waals surface area contributed by atoms with Crippen LogP contribution in [0, 0.1) is 11.8 Å². The summed E-state index contributed by atoms with van der Waals surface area (Å²) in [6.07, 6.45) is 16.0. The van der Waals surface area contributed by atoms with Crippen molar-refractivity contribution in [2.24, 2.45) is 21.8 Å². The summed E-state index contributed by atoms with van der Waals surface area (Å²) in [5.41, 5.74) is 1.90. The van der Waals surface area contributed by atoms with Crippen LogP contribution in [0.25, 0.3) is 0 Å². The van der Waals surface area contributed by atoms with Crippen molar-refractivity contribution in [2.75, 3.05) is 13.1 Å². The molecule has 6 nitrogen and oxygen atoms in total. The number of amides is 2. The molecule has 2 fully saturated rings. The van der Waals surface area contributed by atoms with Gasteiger partial charge in [0.05, 0.1) is 12.8 Å². The normalized spacial score (nSPS) is 25.8. The smallest absolute Gasteiger partial charge is 0.225 e. The zero-order valence-corrected chi connectivity index (χ0v) is 23.0. The predicted octanol–water partition coefficient (Wildman–Crippen LogP) is 6.03. The highest BCUT2D eigenvalue weighted by molar-refractivity contribution is 6.00. The molecule has 0 spiro atoms. The molecule has 2 amide bonds. The number of nitrogens with one attached hydrogen (secondary N) is 2. The third-order valence-electron chi connectivity index (χ3n) is 7.71. The highest BCUT2D eigenvalue weighted by Crippen LogP contribution is 2.35. The van der Waals surface area contributed by atoms with Crippen molar-refractivity contribution in [3.63, 3.8) is 0 Å². The molecule has 200 valence electrons. The van der Waals surface area contributed by atoms with Crippen molar-refractivity contribution in [2.45, 2.75) is 136 Å². The third-order valence-corrected chi connectivity index (χ3v) is 7.71. The Kier molecular flexibility index (Phi) is 14.2. The monoisotopic (exact) mass is 488 g/mol. The van der Waals surface area contributed by atoms with Gasteiger partial charge in [0, 0.05) is 36.6 Å². The Bertz CT molecular complexity index is 629. The number of nitrogens with zero attached hydrogens (tertiary/aromatic N) is 2. The first-order valence-electron chi connectivity index (χ1n) is 14.5. The summed E-state index contributed by atoms with van der Waals surface area (Å²) < 4.78 is 0. The zero-order valence-electron chi connectivity index (χ0n) is 23.0. The molecule has 0 radical (unpaired) electrons. The van der Waals surface area contributed by atoms with Crippen molar-refractivity contribution in [1.29, 1.82) is 0 Å². The zero-order chi connectivity index (χ0) is 25.5. The Morgan fingerprint density at radius 2 is 1.03 bits per heavy atom. The summed E-state index contributed by atoms with van der Waals surface area (Å²) in [4.78, 5) is 33.7. The molecule has 2 saturated carbocycles. The summed E-state index contributed by atoms with van der Waals surface area (Å²) >= 11 is 0. The fourth-order valence-electron chi connectivity index (χ4n) is 5.55. The summed E-state index contributed by atoms with van der Waals surface area (Å²) in [5, 5.41) is 6.49. The molecule has 6 heteroatoms. The van der Waals surface area contributed by atoms with E-state index in [0.29, 0.717) is 24.9 Å². The number of aliphatic imine (C=N–C) groups is 2. The second-order valence-electron chi connectivity index (χ2n) is 11.1. The van der Waals surface area contributed by atoms with E-state index in [1.54, 1.807) is 0 Å². The second-order valence-corrected chi connectivity index (χ2v) is 11.1. The second kappa shape index (κ2) is 16.9. The Hall–Kier alpha value is -1.72. The van der Waals surface area contributed by atoms with Crippen molar-refractivity contribution in [1.82, 2.24) is 10.6 Å². The molecule has 2 aliphatic carbocycles. The first-order chi connectivity index (χ1) is 16.9. The Balaban J connectivity index is 1.59. The topological polar surface area (TPSA) is 82.9 Å². The van der Waals surface area contributed by atoms with Crippen LogP contribution < -0.4 is 10.6 Å². The summed E-state index contributed by atoms with van der Waals surface area (Å²) in [6.45, 7) is 9.93. The molecule has 35 heavy (non-hydrogen) atoms. The predicted molar refractivity (Wildman–Crippen MR) is 147 cm³/mol. The van der Waals surface area contributed by atoms with Crippen LogP contribution in [0.4, 0.5) is 0 Å². The van der Waals surface area contributed by atoms with Gasteiger partial charge in [-0.2, -0.15) is 0 Å². The van der Waals surface area contributed by atoms with Crippen molar-refractivity contribution in [3.05, 3.63) is 0 Å². The van der Waals surface area contributed by atoms with E-state index in [1.807, 2.05) is 13.8 Å². The van der Waals surface area contributed by atoms with Gasteiger partial charge in [-0.1, -0.05) is 26.7 Å². The minimum Gasteiger partial charge on any atom is -0.353 e. The van der Waals surface area contributed by atoms with E-state index in [0.717, 1.165) is 87.7 Å². The molecule has 0 saturated heterocycles. The van der Waals surface area contributed by atoms with Gasteiger partial charge in [-0.3, -0.25) is 19.6 Å². The lowest BCUT2D eigenvalue weighted by Crippen LogP contribution is -2.39. The van der Waals surface area contributed by atoms with Gasteiger partial charge in [0.1, 0.15) is 0 Å². The molecule has 2 N–H and O–H groups in total. The fourth-order valence-corrected chi connectivity index (χ4v) is 5.55. The highest BCUT2D eigenvalue weighted by Gasteiger charge is 2.28. The maximum Gasteiger partial charge on any atom is 0.225 e. The van der Waals surface area contributed by atoms with E-state index in [1.165, 1.54) is 32.1 Å². The molecule has 0 atom stereocenters. The highest BCUT2D eigenvalue weighted by atomic mass is 16.2. The summed E-state index contributed by atoms with van der Waals surface area (Å²) in [6, 6.07) is 0.671. The Morgan fingerprint density at radius 3 is 1.37 bits per heavy atom. The van der Waals surface area contributed by atoms with Gasteiger partial charge in [-0.15, -0.1) is 0 Å². The van der Waals surface area contributed by atoms with Gasteiger partial charge in [-0.25, -0.2) is 0 Å². The molecule has 0 unspecified atom stereocenters. The average Bonchev–Trinajstić information content (AvgIpc) is 2.82. The number of rotatable bonds is 14. The van der Waals surface area contributed by atoms with Crippen molar-refractivity contribution < 1.29 is 9.59 Å². The minimum atomic E-state index is 0.133. The Labute approximate surface area is 214 Å². The summed E-state index contributed by atoms with van der Waals surface area (Å²) in [7, 11) is 0. The molecule has 0 aliphatic heterocycles. The molecule has 0 aromatic rings. The third kappa shape index (κ3) is 12.7. The SMILES string of the molecule is CCCCN=C(C)CC(=O)NC1CCC(CC2CCC(NC(=O)CC(C)=NCCCC)CC2)CC1. The number of carbonyl (C=O) groups excluding carboxylic acids is 2. The van der Waals surface area contributed by atoms with Crippen LogP contribution in [-0.4, -0.2) is 48.4 Å². The molecule has 2 aliphatic rings.